The molecule has 120 valence electrons. The molecule has 1 aromatic carbocycles. The third-order valence-corrected chi connectivity index (χ3v) is 3.67. The van der Waals surface area contributed by atoms with Gasteiger partial charge in [-0.1, -0.05) is 30.3 Å². The molecule has 0 atom stereocenters. The van der Waals surface area contributed by atoms with Crippen molar-refractivity contribution >= 4 is 11.3 Å². The summed E-state index contributed by atoms with van der Waals surface area (Å²) >= 11 is 1.65. The first kappa shape index (κ1) is 17.1. The summed E-state index contributed by atoms with van der Waals surface area (Å²) in [5.41, 5.74) is 1.13. The summed E-state index contributed by atoms with van der Waals surface area (Å²) in [6.07, 6.45) is 0. The molecule has 0 aliphatic carbocycles. The minimum absolute atomic E-state index is 0.786. The first-order chi connectivity index (χ1) is 10.4. The van der Waals surface area contributed by atoms with Gasteiger partial charge in [-0.25, -0.2) is 18.6 Å². The predicted octanol–water partition coefficient (Wildman–Crippen LogP) is -2.95. The molecule has 22 heavy (non-hydrogen) atoms. The predicted molar refractivity (Wildman–Crippen MR) is 67.8 cm³/mol. The van der Waals surface area contributed by atoms with Crippen LogP contribution in [0.25, 0.3) is 11.3 Å². The average Bonchev–Trinajstić information content (AvgIpc) is 2.97. The van der Waals surface area contributed by atoms with Crippen molar-refractivity contribution in [3.8, 4) is 11.3 Å². The van der Waals surface area contributed by atoms with Gasteiger partial charge in [0, 0.05) is 10.9 Å². The molecule has 1 fully saturated rings. The standard InChI is InChI=1S/C13H14NO2S.ClHO4/c1-2-4-11(5-3-1)12-10-17-13(16-12)14-6-8-15-9-7-14;2-1(3,4)5/h1-5,10H,6-9H2;(H,2,3,4,5)/q+1;/p-1. The van der Waals surface area contributed by atoms with E-state index in [1.807, 2.05) is 18.2 Å². The second kappa shape index (κ2) is 7.84. The quantitative estimate of drug-likeness (QED) is 0.509. The largest absolute Gasteiger partial charge is 0.430 e. The minimum atomic E-state index is -4.94. The van der Waals surface area contributed by atoms with E-state index in [1.165, 1.54) is 0 Å². The first-order valence-corrected chi connectivity index (χ1v) is 8.46. The van der Waals surface area contributed by atoms with Crippen LogP contribution in [0.1, 0.15) is 0 Å². The molecular weight excluding hydrogens is 334 g/mol. The van der Waals surface area contributed by atoms with E-state index in [0.29, 0.717) is 0 Å². The summed E-state index contributed by atoms with van der Waals surface area (Å²) in [5.74, 6) is 0.942. The van der Waals surface area contributed by atoms with Crippen molar-refractivity contribution < 1.29 is 38.0 Å². The summed E-state index contributed by atoms with van der Waals surface area (Å²) in [6, 6.07) is 10.2. The molecule has 7 nitrogen and oxygen atoms in total. The lowest BCUT2D eigenvalue weighted by molar-refractivity contribution is -2.00. The molecule has 2 aromatic rings. The van der Waals surface area contributed by atoms with Crippen LogP contribution in [-0.4, -0.2) is 26.3 Å². The molecule has 9 heteroatoms. The van der Waals surface area contributed by atoms with Gasteiger partial charge in [0.15, 0.2) is 18.8 Å². The maximum absolute atomic E-state index is 8.49. The highest BCUT2D eigenvalue weighted by Crippen LogP contribution is 2.18. The smallest absolute Gasteiger partial charge is 0.396 e. The molecule has 1 aromatic heterocycles. The molecule has 0 unspecified atom stereocenters. The fourth-order valence-corrected chi connectivity index (χ4v) is 2.72. The van der Waals surface area contributed by atoms with E-state index in [4.69, 9.17) is 27.8 Å². The summed E-state index contributed by atoms with van der Waals surface area (Å²) in [6.45, 7) is 3.40. The van der Waals surface area contributed by atoms with Crippen LogP contribution in [0.4, 0.5) is 0 Å². The van der Waals surface area contributed by atoms with Crippen molar-refractivity contribution in [3.63, 3.8) is 0 Å². The topological polar surface area (TPSA) is 118 Å². The zero-order valence-electron chi connectivity index (χ0n) is 11.5. The lowest BCUT2D eigenvalue weighted by atomic mass is 10.2. The highest BCUT2D eigenvalue weighted by molar-refractivity contribution is 7.07. The van der Waals surface area contributed by atoms with E-state index in [1.54, 1.807) is 11.3 Å². The maximum atomic E-state index is 8.49. The fourth-order valence-electron chi connectivity index (χ4n) is 1.86. The number of hydrogen-bond acceptors (Lipinski definition) is 7. The second-order valence-electron chi connectivity index (χ2n) is 4.31. The molecule has 0 spiro atoms. The monoisotopic (exact) mass is 347 g/mol. The van der Waals surface area contributed by atoms with Crippen molar-refractivity contribution in [3.05, 3.63) is 40.6 Å². The number of halogens is 1. The Hall–Kier alpha value is -1.26. The summed E-state index contributed by atoms with van der Waals surface area (Å²) in [7, 11) is -4.94. The van der Waals surface area contributed by atoms with Crippen LogP contribution in [0.15, 0.2) is 40.1 Å². The molecule has 1 aliphatic rings. The summed E-state index contributed by atoms with van der Waals surface area (Å²) < 4.78 is 47.4. The first-order valence-electron chi connectivity index (χ1n) is 6.35. The van der Waals surface area contributed by atoms with Gasteiger partial charge in [-0.05, 0) is 11.3 Å². The number of ether oxygens (including phenoxy) is 1. The molecule has 1 aliphatic heterocycles. The van der Waals surface area contributed by atoms with Crippen LogP contribution in [0, 0.1) is 10.2 Å². The third kappa shape index (κ3) is 5.85. The number of benzene rings is 1. The zero-order valence-corrected chi connectivity index (χ0v) is 13.0. The summed E-state index contributed by atoms with van der Waals surface area (Å²) in [4.78, 5) is 0.979. The second-order valence-corrected chi connectivity index (χ2v) is 5.89. The van der Waals surface area contributed by atoms with E-state index in [0.717, 1.165) is 42.5 Å². The average molecular weight is 348 g/mol. The molecule has 3 rings (SSSR count). The Balaban J connectivity index is 0.000000309. The van der Waals surface area contributed by atoms with Gasteiger partial charge in [0.2, 0.25) is 0 Å². The zero-order chi connectivity index (χ0) is 16.0. The number of rotatable bonds is 1. The lowest BCUT2D eigenvalue weighted by Crippen LogP contribution is -2.68. The van der Waals surface area contributed by atoms with Gasteiger partial charge in [-0.3, -0.25) is 0 Å². The molecule has 0 amide bonds. The number of hydrogen-bond donors (Lipinski definition) is 0. The molecule has 1 saturated heterocycles. The van der Waals surface area contributed by atoms with Crippen LogP contribution in [-0.2, 0) is 4.74 Å². The molecule has 2 heterocycles. The lowest BCUT2D eigenvalue weighted by Gasteiger charge is -2.17. The van der Waals surface area contributed by atoms with Gasteiger partial charge in [0.25, 0.3) is 0 Å². The van der Waals surface area contributed by atoms with Gasteiger partial charge >= 0.3 is 4.87 Å². The van der Waals surface area contributed by atoms with Gasteiger partial charge in [-0.2, -0.15) is 4.58 Å². The van der Waals surface area contributed by atoms with Crippen LogP contribution < -0.4 is 28.1 Å². The van der Waals surface area contributed by atoms with E-state index >= 15 is 0 Å². The van der Waals surface area contributed by atoms with Crippen molar-refractivity contribution in [2.75, 3.05) is 26.3 Å². The van der Waals surface area contributed by atoms with E-state index < -0.39 is 10.2 Å². The normalized spacial score (nSPS) is 15.2. The molecular formula is C13H14ClNO6S. The molecule has 0 saturated carbocycles. The highest BCUT2D eigenvalue weighted by atomic mass is 35.7. The van der Waals surface area contributed by atoms with Crippen LogP contribution in [0.5, 0.6) is 0 Å². The SMILES string of the molecule is [O-][Cl+3]([O-])([O-])[O-].c1ccc(-c2csc(=[N+]3CCOCC3)o2)cc1. The van der Waals surface area contributed by atoms with Crippen molar-refractivity contribution in [1.29, 1.82) is 0 Å². The van der Waals surface area contributed by atoms with Crippen molar-refractivity contribution in [2.45, 2.75) is 0 Å². The third-order valence-electron chi connectivity index (χ3n) is 2.79. The molecule has 0 N–H and O–H groups in total. The van der Waals surface area contributed by atoms with Gasteiger partial charge < -0.3 is 9.15 Å². The number of nitrogens with zero attached hydrogens (tertiary/aromatic N) is 1. The molecule has 0 radical (unpaired) electrons. The van der Waals surface area contributed by atoms with E-state index in [2.05, 4.69) is 22.1 Å². The Kier molecular flexibility index (Phi) is 6.09. The van der Waals surface area contributed by atoms with Gasteiger partial charge in [0.05, 0.1) is 0 Å². The van der Waals surface area contributed by atoms with Crippen molar-refractivity contribution in [2.24, 2.45) is 0 Å². The fraction of sp³-hybridized carbons (Fsp3) is 0.308. The highest BCUT2D eigenvalue weighted by Gasteiger charge is 2.15. The van der Waals surface area contributed by atoms with E-state index in [9.17, 15) is 0 Å². The van der Waals surface area contributed by atoms with E-state index in [-0.39, 0.29) is 0 Å². The summed E-state index contributed by atoms with van der Waals surface area (Å²) in [5, 5.41) is 2.07. The van der Waals surface area contributed by atoms with Crippen LogP contribution in [0.2, 0.25) is 0 Å². The Bertz CT molecular complexity index is 634. The Morgan fingerprint density at radius 1 is 1.00 bits per heavy atom. The van der Waals surface area contributed by atoms with Crippen molar-refractivity contribution in [1.82, 2.24) is 4.58 Å². The Morgan fingerprint density at radius 2 is 1.59 bits per heavy atom. The van der Waals surface area contributed by atoms with Gasteiger partial charge in [0.1, 0.15) is 13.2 Å². The van der Waals surface area contributed by atoms with Crippen LogP contribution >= 0.6 is 11.3 Å². The maximum Gasteiger partial charge on any atom is 0.430 e. The number of morpholine rings is 1. The van der Waals surface area contributed by atoms with Gasteiger partial charge in [-0.15, -0.1) is 10.2 Å². The minimum Gasteiger partial charge on any atom is -0.396 e. The molecule has 0 bridgehead atoms. The Labute approximate surface area is 132 Å². The van der Waals surface area contributed by atoms with Crippen LogP contribution in [0.3, 0.4) is 0 Å². The Morgan fingerprint density at radius 3 is 2.18 bits per heavy atom.